The van der Waals surface area contributed by atoms with Gasteiger partial charge in [-0.2, -0.15) is 23.4 Å². The molecule has 0 N–H and O–H groups in total. The maximum atomic E-state index is 13.4. The Bertz CT molecular complexity index is 1930. The predicted molar refractivity (Wildman–Crippen MR) is 126 cm³/mol. The zero-order valence-electron chi connectivity index (χ0n) is 18.5. The van der Waals surface area contributed by atoms with Gasteiger partial charge in [0.25, 0.3) is 17.3 Å². The Morgan fingerprint density at radius 2 is 1.78 bits per heavy atom. The van der Waals surface area contributed by atoms with Gasteiger partial charge in [0.05, 0.1) is 17.2 Å². The normalized spacial score (nSPS) is 11.7. The fourth-order valence-electron chi connectivity index (χ4n) is 3.91. The molecule has 0 aliphatic carbocycles. The van der Waals surface area contributed by atoms with Crippen molar-refractivity contribution in [3.63, 3.8) is 0 Å². The first kappa shape index (κ1) is 22.2. The summed E-state index contributed by atoms with van der Waals surface area (Å²) in [6.45, 7) is 0. The lowest BCUT2D eigenvalue weighted by molar-refractivity contribution is -0.137. The van der Waals surface area contributed by atoms with E-state index >= 15 is 0 Å². The number of hydrogen-bond donors (Lipinski definition) is 0. The van der Waals surface area contributed by atoms with Crippen LogP contribution in [0.4, 0.5) is 13.2 Å². The summed E-state index contributed by atoms with van der Waals surface area (Å²) in [6.07, 6.45) is -1.69. The molecule has 0 fully saturated rings. The Morgan fingerprint density at radius 3 is 2.59 bits per heavy atom. The van der Waals surface area contributed by atoms with Gasteiger partial charge in [-0.25, -0.2) is 4.98 Å². The Balaban J connectivity index is 1.59. The topological polar surface area (TPSA) is 111 Å². The molecule has 0 spiro atoms. The number of rotatable bonds is 3. The van der Waals surface area contributed by atoms with Gasteiger partial charge in [-0.05, 0) is 42.5 Å². The summed E-state index contributed by atoms with van der Waals surface area (Å²) in [6, 6.07) is 16.1. The van der Waals surface area contributed by atoms with Crippen molar-refractivity contribution in [2.75, 3.05) is 0 Å². The number of nitriles is 1. The first-order chi connectivity index (χ1) is 17.8. The van der Waals surface area contributed by atoms with Crippen LogP contribution < -0.4 is 5.56 Å². The van der Waals surface area contributed by atoms with E-state index in [-0.39, 0.29) is 34.4 Å². The molecule has 0 saturated heterocycles. The number of nitrogens with zero attached hydrogens (tertiary/aromatic N) is 5. The quantitative estimate of drug-likeness (QED) is 0.305. The summed E-state index contributed by atoms with van der Waals surface area (Å²) < 4.78 is 53.1. The predicted octanol–water partition coefficient (Wildman–Crippen LogP) is 5.74. The molecule has 0 unspecified atom stereocenters. The average Bonchev–Trinajstić information content (AvgIpc) is 3.53. The minimum absolute atomic E-state index is 0.0412. The highest BCUT2D eigenvalue weighted by Gasteiger charge is 2.31. The number of halogens is 3. The van der Waals surface area contributed by atoms with Gasteiger partial charge in [0.15, 0.2) is 17.2 Å². The number of aromatic nitrogens is 4. The van der Waals surface area contributed by atoms with E-state index in [2.05, 4.69) is 15.0 Å². The monoisotopic (exact) mass is 499 g/mol. The van der Waals surface area contributed by atoms with E-state index in [4.69, 9.17) is 14.1 Å². The molecule has 0 amide bonds. The second-order valence-corrected chi connectivity index (χ2v) is 8.00. The van der Waals surface area contributed by atoms with Crippen LogP contribution in [-0.2, 0) is 6.18 Å². The van der Waals surface area contributed by atoms with Gasteiger partial charge in [-0.3, -0.25) is 14.3 Å². The third kappa shape index (κ3) is 3.81. The molecule has 37 heavy (non-hydrogen) atoms. The van der Waals surface area contributed by atoms with Gasteiger partial charge < -0.3 is 8.83 Å². The minimum Gasteiger partial charge on any atom is -0.432 e. The summed E-state index contributed by atoms with van der Waals surface area (Å²) in [5, 5.41) is 9.72. The van der Waals surface area contributed by atoms with Crippen LogP contribution in [0.15, 0.2) is 86.7 Å². The lowest BCUT2D eigenvalue weighted by atomic mass is 10.1. The molecule has 2 aromatic carbocycles. The minimum atomic E-state index is -4.60. The van der Waals surface area contributed by atoms with Crippen LogP contribution in [0.1, 0.15) is 11.1 Å². The highest BCUT2D eigenvalue weighted by molar-refractivity contribution is 5.79. The second-order valence-electron chi connectivity index (χ2n) is 8.00. The Morgan fingerprint density at radius 1 is 0.946 bits per heavy atom. The summed E-state index contributed by atoms with van der Waals surface area (Å²) in [4.78, 5) is 26.1. The Hall–Kier alpha value is -5.24. The van der Waals surface area contributed by atoms with Crippen LogP contribution in [0.3, 0.4) is 0 Å². The molecule has 0 atom stereocenters. The van der Waals surface area contributed by atoms with Crippen molar-refractivity contribution in [1.82, 2.24) is 19.5 Å². The number of fused-ring (bicyclic) bond motifs is 2. The van der Waals surface area contributed by atoms with Crippen molar-refractivity contribution in [2.45, 2.75) is 6.18 Å². The molecule has 8 nitrogen and oxygen atoms in total. The lowest BCUT2D eigenvalue weighted by Crippen LogP contribution is -2.19. The highest BCUT2D eigenvalue weighted by Crippen LogP contribution is 2.36. The van der Waals surface area contributed by atoms with Gasteiger partial charge >= 0.3 is 6.18 Å². The molecule has 6 aromatic rings. The molecule has 4 aromatic heterocycles. The van der Waals surface area contributed by atoms with E-state index < -0.39 is 17.3 Å². The third-order valence-electron chi connectivity index (χ3n) is 5.65. The zero-order chi connectivity index (χ0) is 25.7. The van der Waals surface area contributed by atoms with Crippen LogP contribution in [0.25, 0.3) is 50.9 Å². The van der Waals surface area contributed by atoms with Crippen LogP contribution in [0, 0.1) is 11.3 Å². The molecule has 11 heteroatoms. The van der Waals surface area contributed by atoms with E-state index in [0.717, 1.165) is 16.7 Å². The highest BCUT2D eigenvalue weighted by atomic mass is 19.4. The number of oxazole rings is 2. The molecule has 4 heterocycles. The van der Waals surface area contributed by atoms with Gasteiger partial charge in [0.1, 0.15) is 11.0 Å². The maximum Gasteiger partial charge on any atom is 0.416 e. The van der Waals surface area contributed by atoms with Crippen LogP contribution in [-0.4, -0.2) is 19.5 Å². The fourth-order valence-corrected chi connectivity index (χ4v) is 3.91. The zero-order valence-corrected chi connectivity index (χ0v) is 18.5. The average molecular weight is 499 g/mol. The van der Waals surface area contributed by atoms with Gasteiger partial charge in [-0.15, -0.1) is 0 Å². The summed E-state index contributed by atoms with van der Waals surface area (Å²) >= 11 is 0. The Labute approximate surface area is 204 Å². The lowest BCUT2D eigenvalue weighted by Gasteiger charge is -2.09. The van der Waals surface area contributed by atoms with E-state index in [1.165, 1.54) is 30.6 Å². The molecule has 180 valence electrons. The molecule has 0 bridgehead atoms. The maximum absolute atomic E-state index is 13.4. The Kier molecular flexibility index (Phi) is 4.91. The van der Waals surface area contributed by atoms with Crippen molar-refractivity contribution in [3.8, 4) is 35.0 Å². The molecular weight excluding hydrogens is 487 g/mol. The number of benzene rings is 2. The summed E-state index contributed by atoms with van der Waals surface area (Å²) in [5.74, 6) is -0.396. The van der Waals surface area contributed by atoms with E-state index in [1.807, 2.05) is 6.07 Å². The van der Waals surface area contributed by atoms with Crippen molar-refractivity contribution in [3.05, 3.63) is 94.5 Å². The van der Waals surface area contributed by atoms with Gasteiger partial charge in [0, 0.05) is 23.3 Å². The third-order valence-corrected chi connectivity index (χ3v) is 5.65. The van der Waals surface area contributed by atoms with Crippen molar-refractivity contribution >= 4 is 22.0 Å². The van der Waals surface area contributed by atoms with Crippen molar-refractivity contribution in [2.24, 2.45) is 0 Å². The van der Waals surface area contributed by atoms with E-state index in [0.29, 0.717) is 22.0 Å². The summed E-state index contributed by atoms with van der Waals surface area (Å²) in [5.41, 5.74) is -0.173. The molecular formula is C26H12F3N5O3. The summed E-state index contributed by atoms with van der Waals surface area (Å²) in [7, 11) is 0. The number of alkyl halides is 3. The van der Waals surface area contributed by atoms with Crippen LogP contribution in [0.2, 0.25) is 0 Å². The van der Waals surface area contributed by atoms with Crippen LogP contribution in [0.5, 0.6) is 0 Å². The molecule has 0 aliphatic heterocycles. The molecule has 6 rings (SSSR count). The van der Waals surface area contributed by atoms with Crippen molar-refractivity contribution in [1.29, 1.82) is 5.26 Å². The SMILES string of the molecule is N#Cc1ccc2oc(-c3nc(-n4ccc5cccnc5c4=O)c(-c4cccc(C(F)(F)F)c4)o3)nc2c1. The standard InChI is InChI=1S/C26H12F3N5O3/c27-26(28,29)17-5-1-3-16(12-17)21-22(34-10-8-15-4-2-9-31-20(15)25(34)35)33-24(37-21)23-32-18-11-14(13-30)6-7-19(18)36-23/h1-12H. The first-order valence-electron chi connectivity index (χ1n) is 10.8. The first-order valence-corrected chi connectivity index (χ1v) is 10.8. The number of hydrogen-bond acceptors (Lipinski definition) is 7. The van der Waals surface area contributed by atoms with E-state index in [9.17, 15) is 18.0 Å². The van der Waals surface area contributed by atoms with Gasteiger partial charge in [-0.1, -0.05) is 18.2 Å². The smallest absolute Gasteiger partial charge is 0.416 e. The largest absolute Gasteiger partial charge is 0.432 e. The fraction of sp³-hybridized carbons (Fsp3) is 0.0385. The van der Waals surface area contributed by atoms with Crippen LogP contribution >= 0.6 is 0 Å². The van der Waals surface area contributed by atoms with E-state index in [1.54, 1.807) is 30.3 Å². The van der Waals surface area contributed by atoms with Crippen molar-refractivity contribution < 1.29 is 22.0 Å². The van der Waals surface area contributed by atoms with Gasteiger partial charge in [0.2, 0.25) is 0 Å². The number of pyridine rings is 2. The molecule has 0 saturated carbocycles. The molecule has 0 aliphatic rings. The molecule has 0 radical (unpaired) electrons. The second kappa shape index (κ2) is 8.17.